The first kappa shape index (κ1) is 20.8. The summed E-state index contributed by atoms with van der Waals surface area (Å²) in [6.45, 7) is 5.94. The van der Waals surface area contributed by atoms with E-state index in [2.05, 4.69) is 15.5 Å². The van der Waals surface area contributed by atoms with Crippen molar-refractivity contribution < 1.29 is 13.2 Å². The number of aromatic nitrogens is 4. The molecule has 0 N–H and O–H groups in total. The fourth-order valence-electron chi connectivity index (χ4n) is 3.42. The quantitative estimate of drug-likeness (QED) is 0.627. The third-order valence-corrected chi connectivity index (χ3v) is 7.72. The number of rotatable bonds is 7. The zero-order valence-electron chi connectivity index (χ0n) is 16.3. The van der Waals surface area contributed by atoms with Crippen LogP contribution in [0.5, 0.6) is 0 Å². The molecule has 1 amide bonds. The summed E-state index contributed by atoms with van der Waals surface area (Å²) >= 11 is 1.27. The van der Waals surface area contributed by atoms with Gasteiger partial charge in [-0.25, -0.2) is 8.42 Å². The van der Waals surface area contributed by atoms with E-state index in [1.54, 1.807) is 9.58 Å². The monoisotopic (exact) mass is 423 g/mol. The number of carbonyl (C=O) groups is 1. The van der Waals surface area contributed by atoms with Crippen molar-refractivity contribution in [3.05, 3.63) is 29.8 Å². The lowest BCUT2D eigenvalue weighted by atomic mass is 10.1. The zero-order chi connectivity index (χ0) is 20.3. The van der Waals surface area contributed by atoms with Crippen LogP contribution in [-0.2, 0) is 14.6 Å². The van der Waals surface area contributed by atoms with E-state index >= 15 is 0 Å². The van der Waals surface area contributed by atoms with Gasteiger partial charge in [0, 0.05) is 12.1 Å². The second-order valence-electron chi connectivity index (χ2n) is 7.06. The molecule has 28 heavy (non-hydrogen) atoms. The van der Waals surface area contributed by atoms with Crippen molar-refractivity contribution in [1.29, 1.82) is 0 Å². The Morgan fingerprint density at radius 2 is 2.14 bits per heavy atom. The lowest BCUT2D eigenvalue weighted by molar-refractivity contribution is -0.132. The summed E-state index contributed by atoms with van der Waals surface area (Å²) in [6.07, 6.45) is 1.28. The Balaban J connectivity index is 1.74. The van der Waals surface area contributed by atoms with Crippen LogP contribution < -0.4 is 0 Å². The molecule has 1 saturated heterocycles. The first-order chi connectivity index (χ1) is 13.3. The third-order valence-electron chi connectivity index (χ3n) is 5.06. The van der Waals surface area contributed by atoms with Crippen molar-refractivity contribution in [1.82, 2.24) is 25.1 Å². The van der Waals surface area contributed by atoms with Crippen LogP contribution in [0.4, 0.5) is 0 Å². The Hall–Kier alpha value is -1.94. The molecule has 1 aliphatic rings. The molecular weight excluding hydrogens is 398 g/mol. The van der Waals surface area contributed by atoms with Crippen molar-refractivity contribution in [2.45, 2.75) is 50.9 Å². The minimum atomic E-state index is -3.06. The number of para-hydroxylation sites is 1. The van der Waals surface area contributed by atoms with E-state index in [1.165, 1.54) is 11.8 Å². The van der Waals surface area contributed by atoms with Crippen LogP contribution >= 0.6 is 11.8 Å². The summed E-state index contributed by atoms with van der Waals surface area (Å²) in [5.41, 5.74) is 1.89. The van der Waals surface area contributed by atoms with Crippen LogP contribution in [0.3, 0.4) is 0 Å². The summed E-state index contributed by atoms with van der Waals surface area (Å²) in [6, 6.07) is 7.49. The molecule has 3 rings (SSSR count). The average Bonchev–Trinajstić information content (AvgIpc) is 3.26. The predicted molar refractivity (Wildman–Crippen MR) is 108 cm³/mol. The van der Waals surface area contributed by atoms with Gasteiger partial charge in [0.1, 0.15) is 0 Å². The van der Waals surface area contributed by atoms with Gasteiger partial charge in [-0.15, -0.1) is 5.10 Å². The van der Waals surface area contributed by atoms with Gasteiger partial charge in [-0.1, -0.05) is 36.9 Å². The highest BCUT2D eigenvalue weighted by Gasteiger charge is 2.36. The smallest absolute Gasteiger partial charge is 0.233 e. The zero-order valence-corrected chi connectivity index (χ0v) is 17.9. The molecule has 1 fully saturated rings. The summed E-state index contributed by atoms with van der Waals surface area (Å²) < 4.78 is 25.4. The van der Waals surface area contributed by atoms with Crippen LogP contribution in [0, 0.1) is 6.92 Å². The molecule has 1 aromatic heterocycles. The predicted octanol–water partition coefficient (Wildman–Crippen LogP) is 1.88. The largest absolute Gasteiger partial charge is 0.335 e. The summed E-state index contributed by atoms with van der Waals surface area (Å²) in [4.78, 5) is 14.7. The van der Waals surface area contributed by atoms with Gasteiger partial charge in [-0.05, 0) is 48.7 Å². The van der Waals surface area contributed by atoms with Gasteiger partial charge in [0.15, 0.2) is 9.84 Å². The number of sulfone groups is 1. The molecule has 2 heterocycles. The number of thioether (sulfide) groups is 1. The first-order valence-corrected chi connectivity index (χ1v) is 12.1. The summed E-state index contributed by atoms with van der Waals surface area (Å²) in [5.74, 6) is 0.277. The minimum Gasteiger partial charge on any atom is -0.335 e. The van der Waals surface area contributed by atoms with Gasteiger partial charge in [0.2, 0.25) is 11.1 Å². The summed E-state index contributed by atoms with van der Waals surface area (Å²) in [5, 5.41) is 12.4. The Morgan fingerprint density at radius 3 is 2.79 bits per heavy atom. The molecule has 1 aromatic carbocycles. The molecule has 0 radical (unpaired) electrons. The first-order valence-electron chi connectivity index (χ1n) is 9.31. The number of carbonyl (C=O) groups excluding carboxylic acids is 1. The van der Waals surface area contributed by atoms with Crippen molar-refractivity contribution in [3.63, 3.8) is 0 Å². The van der Waals surface area contributed by atoms with Crippen LogP contribution in [0.1, 0.15) is 32.3 Å². The third kappa shape index (κ3) is 4.54. The highest BCUT2D eigenvalue weighted by atomic mass is 32.2. The number of amides is 1. The molecule has 0 aliphatic carbocycles. The standard InChI is InChI=1S/C18H25N5O3S2/c1-4-14(3)22(15-9-10-28(25,26)12-15)17(24)11-27-18-19-20-21-23(18)16-8-6-5-7-13(16)2/h5-8,14-15H,4,9-12H2,1-3H3/t14-,15-/m1/s1. The van der Waals surface area contributed by atoms with Crippen LogP contribution in [0.2, 0.25) is 0 Å². The molecule has 0 bridgehead atoms. The van der Waals surface area contributed by atoms with E-state index in [1.807, 2.05) is 45.0 Å². The van der Waals surface area contributed by atoms with Gasteiger partial charge >= 0.3 is 0 Å². The van der Waals surface area contributed by atoms with Gasteiger partial charge < -0.3 is 4.90 Å². The van der Waals surface area contributed by atoms with E-state index in [-0.39, 0.29) is 35.2 Å². The molecular formula is C18H25N5O3S2. The van der Waals surface area contributed by atoms with Crippen LogP contribution in [0.15, 0.2) is 29.4 Å². The average molecular weight is 424 g/mol. The molecule has 10 heteroatoms. The fourth-order valence-corrected chi connectivity index (χ4v) is 5.89. The second kappa shape index (κ2) is 8.60. The molecule has 1 aliphatic heterocycles. The molecule has 2 aromatic rings. The minimum absolute atomic E-state index is 0.0150. The highest BCUT2D eigenvalue weighted by Crippen LogP contribution is 2.25. The van der Waals surface area contributed by atoms with Crippen molar-refractivity contribution >= 4 is 27.5 Å². The molecule has 0 unspecified atom stereocenters. The van der Waals surface area contributed by atoms with Gasteiger partial charge in [-0.3, -0.25) is 4.79 Å². The van der Waals surface area contributed by atoms with E-state index in [0.29, 0.717) is 11.6 Å². The van der Waals surface area contributed by atoms with Crippen molar-refractivity contribution in [2.75, 3.05) is 17.3 Å². The molecule has 8 nitrogen and oxygen atoms in total. The van der Waals surface area contributed by atoms with E-state index in [0.717, 1.165) is 17.7 Å². The van der Waals surface area contributed by atoms with Gasteiger partial charge in [0.25, 0.3) is 0 Å². The number of hydrogen-bond acceptors (Lipinski definition) is 7. The summed E-state index contributed by atoms with van der Waals surface area (Å²) in [7, 11) is -3.06. The number of hydrogen-bond donors (Lipinski definition) is 0. The molecule has 152 valence electrons. The Morgan fingerprint density at radius 1 is 1.39 bits per heavy atom. The maximum absolute atomic E-state index is 13.0. The number of aryl methyl sites for hydroxylation is 1. The number of tetrazole rings is 1. The van der Waals surface area contributed by atoms with Crippen molar-refractivity contribution in [3.8, 4) is 5.69 Å². The lowest BCUT2D eigenvalue weighted by Crippen LogP contribution is -2.47. The van der Waals surface area contributed by atoms with Gasteiger partial charge in [0.05, 0.1) is 22.9 Å². The number of nitrogens with zero attached hydrogens (tertiary/aromatic N) is 5. The normalized spacial score (nSPS) is 19.5. The lowest BCUT2D eigenvalue weighted by Gasteiger charge is -2.33. The number of benzene rings is 1. The molecule has 2 atom stereocenters. The topological polar surface area (TPSA) is 98.1 Å². The Bertz CT molecular complexity index is 944. The van der Waals surface area contributed by atoms with E-state index < -0.39 is 9.84 Å². The maximum atomic E-state index is 13.0. The molecule has 0 saturated carbocycles. The highest BCUT2D eigenvalue weighted by molar-refractivity contribution is 7.99. The molecule has 0 spiro atoms. The van der Waals surface area contributed by atoms with Crippen LogP contribution in [0.25, 0.3) is 5.69 Å². The SMILES string of the molecule is CC[C@@H](C)N(C(=O)CSc1nnnn1-c1ccccc1C)[C@@H]1CCS(=O)(=O)C1. The Kier molecular flexibility index (Phi) is 6.39. The second-order valence-corrected chi connectivity index (χ2v) is 10.2. The van der Waals surface area contributed by atoms with Crippen LogP contribution in [-0.4, -0.2) is 68.8 Å². The van der Waals surface area contributed by atoms with Crippen molar-refractivity contribution in [2.24, 2.45) is 0 Å². The van der Waals surface area contributed by atoms with E-state index in [4.69, 9.17) is 0 Å². The van der Waals surface area contributed by atoms with Gasteiger partial charge in [-0.2, -0.15) is 4.68 Å². The fraction of sp³-hybridized carbons (Fsp3) is 0.556. The van der Waals surface area contributed by atoms with E-state index in [9.17, 15) is 13.2 Å². The maximum Gasteiger partial charge on any atom is 0.233 e. The Labute approximate surface area is 169 Å².